The summed E-state index contributed by atoms with van der Waals surface area (Å²) in [6.07, 6.45) is 3.94. The monoisotopic (exact) mass is 328 g/mol. The second kappa shape index (κ2) is 5.44. The highest BCUT2D eigenvalue weighted by atomic mass is 79.9. The number of hydrogen-bond donors (Lipinski definition) is 0. The van der Waals surface area contributed by atoms with Crippen molar-refractivity contribution in [2.45, 2.75) is 37.1 Å². The van der Waals surface area contributed by atoms with Gasteiger partial charge in [-0.25, -0.2) is 0 Å². The molecule has 1 aliphatic carbocycles. The SMILES string of the molecule is Cc1nn(C)c(N(C)CC2(N(C)C)CCC2)c1CBr. The van der Waals surface area contributed by atoms with Gasteiger partial charge in [-0.3, -0.25) is 4.68 Å². The van der Waals surface area contributed by atoms with Crippen LogP contribution in [-0.4, -0.2) is 47.9 Å². The lowest BCUT2D eigenvalue weighted by molar-refractivity contribution is 0.0680. The average Bonchev–Trinajstić information content (AvgIpc) is 2.57. The van der Waals surface area contributed by atoms with Gasteiger partial charge in [0, 0.05) is 37.1 Å². The van der Waals surface area contributed by atoms with Crippen molar-refractivity contribution in [2.24, 2.45) is 7.05 Å². The molecule has 0 radical (unpaired) electrons. The lowest BCUT2D eigenvalue weighted by Gasteiger charge is -2.49. The zero-order valence-electron chi connectivity index (χ0n) is 12.7. The van der Waals surface area contributed by atoms with Crippen molar-refractivity contribution in [1.82, 2.24) is 14.7 Å². The minimum Gasteiger partial charge on any atom is -0.358 e. The molecule has 19 heavy (non-hydrogen) atoms. The molecule has 1 aromatic rings. The van der Waals surface area contributed by atoms with E-state index in [-0.39, 0.29) is 0 Å². The first kappa shape index (κ1) is 14.9. The normalized spacial score (nSPS) is 17.6. The molecule has 1 heterocycles. The van der Waals surface area contributed by atoms with Crippen molar-refractivity contribution in [3.63, 3.8) is 0 Å². The van der Waals surface area contributed by atoms with Crippen LogP contribution in [0, 0.1) is 6.92 Å². The maximum atomic E-state index is 4.55. The van der Waals surface area contributed by atoms with Crippen LogP contribution < -0.4 is 4.90 Å². The van der Waals surface area contributed by atoms with E-state index in [0.29, 0.717) is 5.54 Å². The van der Waals surface area contributed by atoms with Gasteiger partial charge in [0.25, 0.3) is 0 Å². The summed E-state index contributed by atoms with van der Waals surface area (Å²) in [4.78, 5) is 4.76. The molecule has 4 nitrogen and oxygen atoms in total. The second-order valence-electron chi connectivity index (χ2n) is 5.97. The molecule has 0 aliphatic heterocycles. The predicted molar refractivity (Wildman–Crippen MR) is 84.1 cm³/mol. The number of halogens is 1. The maximum absolute atomic E-state index is 4.55. The van der Waals surface area contributed by atoms with Crippen molar-refractivity contribution >= 4 is 21.7 Å². The summed E-state index contributed by atoms with van der Waals surface area (Å²) in [6, 6.07) is 0. The zero-order chi connectivity index (χ0) is 14.2. The van der Waals surface area contributed by atoms with Crippen molar-refractivity contribution in [3.05, 3.63) is 11.3 Å². The summed E-state index contributed by atoms with van der Waals surface area (Å²) < 4.78 is 2.01. The molecule has 1 aliphatic rings. The Labute approximate surface area is 124 Å². The van der Waals surface area contributed by atoms with Crippen molar-refractivity contribution in [3.8, 4) is 0 Å². The number of alkyl halides is 1. The van der Waals surface area contributed by atoms with Gasteiger partial charge < -0.3 is 9.80 Å². The second-order valence-corrected chi connectivity index (χ2v) is 6.53. The Morgan fingerprint density at radius 1 is 1.32 bits per heavy atom. The van der Waals surface area contributed by atoms with Gasteiger partial charge in [-0.1, -0.05) is 15.9 Å². The van der Waals surface area contributed by atoms with Gasteiger partial charge in [0.2, 0.25) is 0 Å². The molecule has 0 saturated heterocycles. The van der Waals surface area contributed by atoms with Crippen LogP contribution in [0.25, 0.3) is 0 Å². The van der Waals surface area contributed by atoms with E-state index in [2.05, 4.69) is 58.9 Å². The first-order chi connectivity index (χ1) is 8.91. The van der Waals surface area contributed by atoms with Gasteiger partial charge in [0.15, 0.2) is 0 Å². The van der Waals surface area contributed by atoms with Crippen LogP contribution in [0.3, 0.4) is 0 Å². The van der Waals surface area contributed by atoms with E-state index in [1.165, 1.54) is 30.6 Å². The Kier molecular flexibility index (Phi) is 4.26. The van der Waals surface area contributed by atoms with E-state index < -0.39 is 0 Å². The summed E-state index contributed by atoms with van der Waals surface area (Å²) >= 11 is 3.59. The summed E-state index contributed by atoms with van der Waals surface area (Å²) in [7, 11) is 8.63. The van der Waals surface area contributed by atoms with E-state index in [4.69, 9.17) is 0 Å². The zero-order valence-corrected chi connectivity index (χ0v) is 14.3. The fourth-order valence-electron chi connectivity index (χ4n) is 3.17. The molecule has 0 atom stereocenters. The van der Waals surface area contributed by atoms with Crippen molar-refractivity contribution in [2.75, 3.05) is 32.6 Å². The Balaban J connectivity index is 2.22. The number of anilines is 1. The first-order valence-corrected chi connectivity index (χ1v) is 8.00. The van der Waals surface area contributed by atoms with Crippen LogP contribution in [0.5, 0.6) is 0 Å². The average molecular weight is 329 g/mol. The van der Waals surface area contributed by atoms with Gasteiger partial charge in [-0.05, 0) is 40.3 Å². The van der Waals surface area contributed by atoms with Crippen LogP contribution in [0.4, 0.5) is 5.82 Å². The molecular weight excluding hydrogens is 304 g/mol. The highest BCUT2D eigenvalue weighted by Crippen LogP contribution is 2.38. The number of nitrogens with zero attached hydrogens (tertiary/aromatic N) is 4. The van der Waals surface area contributed by atoms with Crippen molar-refractivity contribution < 1.29 is 0 Å². The Morgan fingerprint density at radius 3 is 2.37 bits per heavy atom. The summed E-state index contributed by atoms with van der Waals surface area (Å²) in [5.41, 5.74) is 2.77. The molecule has 0 aromatic carbocycles. The third kappa shape index (κ3) is 2.55. The predicted octanol–water partition coefficient (Wildman–Crippen LogP) is 2.54. The van der Waals surface area contributed by atoms with E-state index in [1.807, 2.05) is 11.7 Å². The lowest BCUT2D eigenvalue weighted by atomic mass is 9.75. The van der Waals surface area contributed by atoms with Crippen LogP contribution in [-0.2, 0) is 12.4 Å². The van der Waals surface area contributed by atoms with Gasteiger partial charge >= 0.3 is 0 Å². The van der Waals surface area contributed by atoms with Crippen LogP contribution in [0.15, 0.2) is 0 Å². The van der Waals surface area contributed by atoms with Gasteiger partial charge in [0.1, 0.15) is 5.82 Å². The van der Waals surface area contributed by atoms with E-state index in [0.717, 1.165) is 17.6 Å². The standard InChI is InChI=1S/C14H25BrN4/c1-11-12(9-15)13(19(5)16-11)18(4)10-14(17(2)3)7-6-8-14/h6-10H2,1-5H3. The minimum atomic E-state index is 0.344. The molecule has 5 heteroatoms. The Bertz CT molecular complexity index is 449. The van der Waals surface area contributed by atoms with Crippen molar-refractivity contribution in [1.29, 1.82) is 0 Å². The fraction of sp³-hybridized carbons (Fsp3) is 0.786. The quantitative estimate of drug-likeness (QED) is 0.776. The molecular formula is C14H25BrN4. The van der Waals surface area contributed by atoms with E-state index >= 15 is 0 Å². The number of aryl methyl sites for hydroxylation is 2. The van der Waals surface area contributed by atoms with E-state index in [9.17, 15) is 0 Å². The Morgan fingerprint density at radius 2 is 1.95 bits per heavy atom. The molecule has 1 saturated carbocycles. The van der Waals surface area contributed by atoms with Gasteiger partial charge in [-0.2, -0.15) is 5.10 Å². The smallest absolute Gasteiger partial charge is 0.130 e. The number of aromatic nitrogens is 2. The highest BCUT2D eigenvalue weighted by Gasteiger charge is 2.40. The molecule has 1 fully saturated rings. The van der Waals surface area contributed by atoms with Crippen LogP contribution in [0.1, 0.15) is 30.5 Å². The molecule has 108 valence electrons. The summed E-state index contributed by atoms with van der Waals surface area (Å²) in [5.74, 6) is 1.24. The van der Waals surface area contributed by atoms with Gasteiger partial charge in [-0.15, -0.1) is 0 Å². The largest absolute Gasteiger partial charge is 0.358 e. The minimum absolute atomic E-state index is 0.344. The first-order valence-electron chi connectivity index (χ1n) is 6.88. The topological polar surface area (TPSA) is 24.3 Å². The third-order valence-electron chi connectivity index (χ3n) is 4.57. The molecule has 2 rings (SSSR count). The highest BCUT2D eigenvalue weighted by molar-refractivity contribution is 9.08. The summed E-state index contributed by atoms with van der Waals surface area (Å²) in [6.45, 7) is 3.15. The molecule has 0 N–H and O–H groups in total. The summed E-state index contributed by atoms with van der Waals surface area (Å²) in [5, 5.41) is 5.42. The molecule has 0 bridgehead atoms. The van der Waals surface area contributed by atoms with Crippen LogP contribution >= 0.6 is 15.9 Å². The number of rotatable bonds is 5. The Hall–Kier alpha value is -0.550. The number of likely N-dealkylation sites (N-methyl/N-ethyl adjacent to an activating group) is 2. The fourth-order valence-corrected chi connectivity index (χ4v) is 3.83. The number of hydrogen-bond acceptors (Lipinski definition) is 3. The van der Waals surface area contributed by atoms with Gasteiger partial charge in [0.05, 0.1) is 5.69 Å². The molecule has 0 amide bonds. The molecule has 0 unspecified atom stereocenters. The lowest BCUT2D eigenvalue weighted by Crippen LogP contribution is -2.57. The maximum Gasteiger partial charge on any atom is 0.130 e. The molecule has 1 aromatic heterocycles. The van der Waals surface area contributed by atoms with E-state index in [1.54, 1.807) is 0 Å². The molecule has 0 spiro atoms. The third-order valence-corrected chi connectivity index (χ3v) is 5.13. The van der Waals surface area contributed by atoms with Crippen LogP contribution in [0.2, 0.25) is 0 Å².